The summed E-state index contributed by atoms with van der Waals surface area (Å²) >= 11 is 0. The first-order valence-corrected chi connectivity index (χ1v) is 7.03. The molecule has 0 aliphatic rings. The summed E-state index contributed by atoms with van der Waals surface area (Å²) in [6, 6.07) is 0.476. The number of nitrogen functional groups attached to an aromatic ring is 1. The monoisotopic (exact) mass is 268 g/mol. The molecule has 0 amide bonds. The molecule has 19 heavy (non-hydrogen) atoms. The quantitative estimate of drug-likeness (QED) is 0.657. The Kier molecular flexibility index (Phi) is 7.62. The first-order chi connectivity index (χ1) is 9.26. The lowest BCUT2D eigenvalue weighted by molar-refractivity contribution is 0.257. The Balaban J connectivity index is 2.34. The van der Waals surface area contributed by atoms with Gasteiger partial charge in [0.05, 0.1) is 13.2 Å². The zero-order chi connectivity index (χ0) is 13.9. The molecule has 2 N–H and O–H groups in total. The fourth-order valence-electron chi connectivity index (χ4n) is 1.54. The van der Waals surface area contributed by atoms with E-state index in [4.69, 9.17) is 15.2 Å². The predicted octanol–water partition coefficient (Wildman–Crippen LogP) is 2.59. The highest BCUT2D eigenvalue weighted by Crippen LogP contribution is 2.12. The van der Waals surface area contributed by atoms with Crippen molar-refractivity contribution >= 4 is 5.95 Å². The number of hydrogen-bond donors (Lipinski definition) is 1. The van der Waals surface area contributed by atoms with Gasteiger partial charge in [0.15, 0.2) is 0 Å². The van der Waals surface area contributed by atoms with Crippen LogP contribution in [0, 0.1) is 0 Å². The van der Waals surface area contributed by atoms with E-state index in [2.05, 4.69) is 21.9 Å². The Bertz CT molecular complexity index is 360. The summed E-state index contributed by atoms with van der Waals surface area (Å²) in [5.41, 5.74) is 5.58. The van der Waals surface area contributed by atoms with E-state index in [1.807, 2.05) is 6.92 Å². The van der Waals surface area contributed by atoms with E-state index in [0.717, 1.165) is 19.3 Å². The van der Waals surface area contributed by atoms with E-state index >= 15 is 0 Å². The van der Waals surface area contributed by atoms with Crippen molar-refractivity contribution in [3.8, 4) is 12.0 Å². The van der Waals surface area contributed by atoms with Gasteiger partial charge in [-0.3, -0.25) is 0 Å². The van der Waals surface area contributed by atoms with Crippen molar-refractivity contribution < 1.29 is 9.47 Å². The van der Waals surface area contributed by atoms with E-state index in [1.54, 1.807) is 0 Å². The van der Waals surface area contributed by atoms with Crippen molar-refractivity contribution in [3.05, 3.63) is 0 Å². The molecule has 6 nitrogen and oxygen atoms in total. The highest BCUT2D eigenvalue weighted by molar-refractivity contribution is 5.20. The zero-order valence-corrected chi connectivity index (χ0v) is 11.9. The van der Waals surface area contributed by atoms with Gasteiger partial charge in [0.1, 0.15) is 0 Å². The normalized spacial score (nSPS) is 10.4. The summed E-state index contributed by atoms with van der Waals surface area (Å²) in [6.45, 7) is 5.36. The van der Waals surface area contributed by atoms with Gasteiger partial charge in [0.25, 0.3) is 0 Å². The van der Waals surface area contributed by atoms with Gasteiger partial charge in [0, 0.05) is 0 Å². The van der Waals surface area contributed by atoms with Crippen LogP contribution in [0.5, 0.6) is 12.0 Å². The molecule has 0 atom stereocenters. The molecule has 1 rings (SSSR count). The molecule has 0 aliphatic heterocycles. The van der Waals surface area contributed by atoms with Crippen LogP contribution in [-0.4, -0.2) is 28.2 Å². The molecule has 1 heterocycles. The standard InChI is InChI=1S/C13H24N4O2/c1-3-5-6-7-8-10-19-13-16-11(14)15-12(17-13)18-9-4-2/h3-10H2,1-2H3,(H2,14,15,16,17). The molecule has 1 aromatic heterocycles. The Morgan fingerprint density at radius 2 is 1.42 bits per heavy atom. The van der Waals surface area contributed by atoms with Crippen molar-refractivity contribution in [2.24, 2.45) is 0 Å². The second-order valence-electron chi connectivity index (χ2n) is 4.37. The fraction of sp³-hybridized carbons (Fsp3) is 0.769. The van der Waals surface area contributed by atoms with Gasteiger partial charge >= 0.3 is 12.0 Å². The maximum atomic E-state index is 5.58. The number of ether oxygens (including phenoxy) is 2. The van der Waals surface area contributed by atoms with Gasteiger partial charge in [-0.25, -0.2) is 0 Å². The number of nitrogens with two attached hydrogens (primary N) is 1. The van der Waals surface area contributed by atoms with Crippen LogP contribution >= 0.6 is 0 Å². The van der Waals surface area contributed by atoms with Crippen LogP contribution in [0.3, 0.4) is 0 Å². The Morgan fingerprint density at radius 1 is 0.789 bits per heavy atom. The number of hydrogen-bond acceptors (Lipinski definition) is 6. The molecule has 1 aromatic rings. The lowest BCUT2D eigenvalue weighted by Gasteiger charge is -2.07. The van der Waals surface area contributed by atoms with Crippen molar-refractivity contribution in [1.29, 1.82) is 0 Å². The minimum atomic E-state index is 0.127. The third-order valence-electron chi connectivity index (χ3n) is 2.53. The first kappa shape index (κ1) is 15.5. The molecular weight excluding hydrogens is 244 g/mol. The molecule has 0 fully saturated rings. The number of rotatable bonds is 10. The molecular formula is C13H24N4O2. The lowest BCUT2D eigenvalue weighted by atomic mass is 10.2. The minimum absolute atomic E-state index is 0.127. The Morgan fingerprint density at radius 3 is 2.05 bits per heavy atom. The predicted molar refractivity (Wildman–Crippen MR) is 74.3 cm³/mol. The molecule has 108 valence electrons. The van der Waals surface area contributed by atoms with E-state index < -0.39 is 0 Å². The third-order valence-corrected chi connectivity index (χ3v) is 2.53. The van der Waals surface area contributed by atoms with E-state index in [1.165, 1.54) is 19.3 Å². The van der Waals surface area contributed by atoms with E-state index in [0.29, 0.717) is 13.2 Å². The Labute approximate surface area is 114 Å². The van der Waals surface area contributed by atoms with Crippen LogP contribution in [-0.2, 0) is 0 Å². The number of aromatic nitrogens is 3. The molecule has 0 unspecified atom stereocenters. The molecule has 0 aromatic carbocycles. The van der Waals surface area contributed by atoms with Gasteiger partial charge in [-0.05, 0) is 12.8 Å². The average molecular weight is 268 g/mol. The summed E-state index contributed by atoms with van der Waals surface area (Å²) in [6.07, 6.45) is 6.80. The van der Waals surface area contributed by atoms with E-state index in [9.17, 15) is 0 Å². The largest absolute Gasteiger partial charge is 0.463 e. The maximum absolute atomic E-state index is 5.58. The second kappa shape index (κ2) is 9.35. The third kappa shape index (κ3) is 6.79. The number of unbranched alkanes of at least 4 members (excludes halogenated alkanes) is 4. The zero-order valence-electron chi connectivity index (χ0n) is 11.9. The number of nitrogens with zero attached hydrogens (tertiary/aromatic N) is 3. The number of anilines is 1. The summed E-state index contributed by atoms with van der Waals surface area (Å²) in [4.78, 5) is 11.9. The maximum Gasteiger partial charge on any atom is 0.324 e. The summed E-state index contributed by atoms with van der Waals surface area (Å²) in [5.74, 6) is 0.127. The van der Waals surface area contributed by atoms with Gasteiger partial charge < -0.3 is 15.2 Å². The van der Waals surface area contributed by atoms with Gasteiger partial charge in [-0.1, -0.05) is 39.5 Å². The van der Waals surface area contributed by atoms with Crippen molar-refractivity contribution in [2.75, 3.05) is 18.9 Å². The summed E-state index contributed by atoms with van der Waals surface area (Å²) in [5, 5.41) is 0. The van der Waals surface area contributed by atoms with Crippen LogP contribution in [0.25, 0.3) is 0 Å². The lowest BCUT2D eigenvalue weighted by Crippen LogP contribution is -2.08. The molecule has 0 aliphatic carbocycles. The second-order valence-corrected chi connectivity index (χ2v) is 4.37. The van der Waals surface area contributed by atoms with Crippen molar-refractivity contribution in [2.45, 2.75) is 52.4 Å². The molecule has 0 saturated carbocycles. The highest BCUT2D eigenvalue weighted by atomic mass is 16.5. The van der Waals surface area contributed by atoms with Gasteiger partial charge in [-0.2, -0.15) is 9.97 Å². The van der Waals surface area contributed by atoms with Gasteiger partial charge in [0.2, 0.25) is 5.95 Å². The minimum Gasteiger partial charge on any atom is -0.463 e. The molecule has 0 radical (unpaired) electrons. The topological polar surface area (TPSA) is 83.2 Å². The van der Waals surface area contributed by atoms with Crippen molar-refractivity contribution in [1.82, 2.24) is 15.0 Å². The highest BCUT2D eigenvalue weighted by Gasteiger charge is 2.06. The molecule has 0 saturated heterocycles. The van der Waals surface area contributed by atoms with Crippen LogP contribution in [0.2, 0.25) is 0 Å². The van der Waals surface area contributed by atoms with Crippen LogP contribution < -0.4 is 15.2 Å². The average Bonchev–Trinajstić information content (AvgIpc) is 2.40. The smallest absolute Gasteiger partial charge is 0.324 e. The van der Waals surface area contributed by atoms with Crippen LogP contribution in [0.4, 0.5) is 5.95 Å². The Hall–Kier alpha value is -1.59. The first-order valence-electron chi connectivity index (χ1n) is 7.03. The van der Waals surface area contributed by atoms with Crippen LogP contribution in [0.1, 0.15) is 52.4 Å². The van der Waals surface area contributed by atoms with E-state index in [-0.39, 0.29) is 18.0 Å². The van der Waals surface area contributed by atoms with Gasteiger partial charge in [-0.15, -0.1) is 4.98 Å². The molecule has 0 bridgehead atoms. The molecule has 6 heteroatoms. The van der Waals surface area contributed by atoms with Crippen LogP contribution in [0.15, 0.2) is 0 Å². The molecule has 0 spiro atoms. The summed E-state index contributed by atoms with van der Waals surface area (Å²) < 4.78 is 10.8. The fourth-order valence-corrected chi connectivity index (χ4v) is 1.54. The van der Waals surface area contributed by atoms with Crippen molar-refractivity contribution in [3.63, 3.8) is 0 Å². The SMILES string of the molecule is CCCCCCCOc1nc(N)nc(OCCC)n1. The summed E-state index contributed by atoms with van der Waals surface area (Å²) in [7, 11) is 0.